The SMILES string of the molecule is COc1ccc(-c2noc([C@@H]3C[C@H](NC(=O)Nc4cccc(C#N)c4)CN3C)n2)cc1. The molecule has 0 bridgehead atoms. The lowest BCUT2D eigenvalue weighted by Crippen LogP contribution is -2.39. The first-order chi connectivity index (χ1) is 15.1. The van der Waals surface area contributed by atoms with Crippen LogP contribution >= 0.6 is 0 Å². The second-order valence-electron chi connectivity index (χ2n) is 7.36. The zero-order valence-corrected chi connectivity index (χ0v) is 17.2. The van der Waals surface area contributed by atoms with Crippen LogP contribution in [0.1, 0.15) is 23.9 Å². The molecule has 2 amide bonds. The van der Waals surface area contributed by atoms with E-state index in [-0.39, 0.29) is 18.1 Å². The minimum Gasteiger partial charge on any atom is -0.497 e. The minimum absolute atomic E-state index is 0.0783. The highest BCUT2D eigenvalue weighted by Gasteiger charge is 2.35. The lowest BCUT2D eigenvalue weighted by molar-refractivity contribution is 0.243. The molecule has 1 saturated heterocycles. The van der Waals surface area contributed by atoms with Crippen molar-refractivity contribution in [3.8, 4) is 23.2 Å². The molecule has 2 atom stereocenters. The number of nitrogens with zero attached hydrogens (tertiary/aromatic N) is 4. The van der Waals surface area contributed by atoms with Crippen molar-refractivity contribution < 1.29 is 14.1 Å². The quantitative estimate of drug-likeness (QED) is 0.654. The summed E-state index contributed by atoms with van der Waals surface area (Å²) in [6, 6.07) is 15.8. The summed E-state index contributed by atoms with van der Waals surface area (Å²) in [4.78, 5) is 19.0. The number of carbonyl (C=O) groups excluding carboxylic acids is 1. The smallest absolute Gasteiger partial charge is 0.319 e. The number of likely N-dealkylation sites (tertiary alicyclic amines) is 1. The Bertz CT molecular complexity index is 1100. The molecule has 0 saturated carbocycles. The number of amides is 2. The molecular formula is C22H22N6O3. The molecule has 158 valence electrons. The van der Waals surface area contributed by atoms with Crippen LogP contribution in [0.25, 0.3) is 11.4 Å². The van der Waals surface area contributed by atoms with Crippen LogP contribution in [0.4, 0.5) is 10.5 Å². The number of nitriles is 1. The lowest BCUT2D eigenvalue weighted by atomic mass is 10.1. The summed E-state index contributed by atoms with van der Waals surface area (Å²) in [7, 11) is 3.57. The van der Waals surface area contributed by atoms with Gasteiger partial charge in [-0.3, -0.25) is 4.90 Å². The Labute approximate surface area is 179 Å². The Kier molecular flexibility index (Phi) is 5.82. The number of carbonyl (C=O) groups is 1. The Morgan fingerprint density at radius 2 is 2.10 bits per heavy atom. The van der Waals surface area contributed by atoms with Crippen molar-refractivity contribution in [2.75, 3.05) is 26.0 Å². The van der Waals surface area contributed by atoms with Gasteiger partial charge in [-0.2, -0.15) is 10.2 Å². The second kappa shape index (κ2) is 8.85. The molecule has 0 radical (unpaired) electrons. The molecule has 9 nitrogen and oxygen atoms in total. The summed E-state index contributed by atoms with van der Waals surface area (Å²) in [6.45, 7) is 0.649. The number of hydrogen-bond acceptors (Lipinski definition) is 7. The van der Waals surface area contributed by atoms with Crippen LogP contribution in [0.5, 0.6) is 5.75 Å². The van der Waals surface area contributed by atoms with Crippen molar-refractivity contribution in [3.63, 3.8) is 0 Å². The molecule has 2 N–H and O–H groups in total. The number of nitrogens with one attached hydrogen (secondary N) is 2. The fraction of sp³-hybridized carbons (Fsp3) is 0.273. The first-order valence-corrected chi connectivity index (χ1v) is 9.81. The van der Waals surface area contributed by atoms with E-state index in [1.165, 1.54) is 0 Å². The molecule has 0 aliphatic carbocycles. The van der Waals surface area contributed by atoms with Gasteiger partial charge in [-0.05, 0) is 55.9 Å². The number of benzene rings is 2. The average Bonchev–Trinajstić information content (AvgIpc) is 3.40. The van der Waals surface area contributed by atoms with Gasteiger partial charge < -0.3 is 19.9 Å². The van der Waals surface area contributed by atoms with Gasteiger partial charge in [-0.15, -0.1) is 0 Å². The van der Waals surface area contributed by atoms with E-state index in [0.29, 0.717) is 35.9 Å². The van der Waals surface area contributed by atoms with E-state index in [9.17, 15) is 4.79 Å². The molecule has 1 fully saturated rings. The molecule has 4 rings (SSSR count). The van der Waals surface area contributed by atoms with Crippen LogP contribution in [-0.4, -0.2) is 47.8 Å². The van der Waals surface area contributed by atoms with Gasteiger partial charge in [-0.1, -0.05) is 11.2 Å². The number of ether oxygens (including phenoxy) is 1. The number of hydrogen-bond donors (Lipinski definition) is 2. The Morgan fingerprint density at radius 3 is 2.84 bits per heavy atom. The number of rotatable bonds is 5. The van der Waals surface area contributed by atoms with E-state index in [2.05, 4.69) is 31.7 Å². The van der Waals surface area contributed by atoms with E-state index in [4.69, 9.17) is 14.5 Å². The maximum Gasteiger partial charge on any atom is 0.319 e. The molecule has 1 aliphatic rings. The van der Waals surface area contributed by atoms with Crippen LogP contribution in [0, 0.1) is 11.3 Å². The summed E-state index contributed by atoms with van der Waals surface area (Å²) in [5.74, 6) is 1.78. The maximum atomic E-state index is 12.4. The van der Waals surface area contributed by atoms with Gasteiger partial charge in [0.05, 0.1) is 24.8 Å². The number of urea groups is 1. The van der Waals surface area contributed by atoms with Crippen molar-refractivity contribution in [2.45, 2.75) is 18.5 Å². The van der Waals surface area contributed by atoms with E-state index >= 15 is 0 Å². The van der Waals surface area contributed by atoms with E-state index in [1.54, 1.807) is 31.4 Å². The molecule has 3 aromatic rings. The fourth-order valence-corrected chi connectivity index (χ4v) is 3.64. The Balaban J connectivity index is 1.38. The number of aromatic nitrogens is 2. The van der Waals surface area contributed by atoms with Gasteiger partial charge in [-0.25, -0.2) is 4.79 Å². The summed E-state index contributed by atoms with van der Waals surface area (Å²) in [5.41, 5.74) is 1.90. The normalized spacial score (nSPS) is 18.4. The van der Waals surface area contributed by atoms with Crippen LogP contribution in [0.2, 0.25) is 0 Å². The van der Waals surface area contributed by atoms with Crippen LogP contribution in [-0.2, 0) is 0 Å². The summed E-state index contributed by atoms with van der Waals surface area (Å²) in [6.07, 6.45) is 0.645. The summed E-state index contributed by atoms with van der Waals surface area (Å²) in [5, 5.41) is 18.8. The standard InChI is InChI=1S/C22H22N6O3/c1-28-13-17(25-22(29)24-16-5-3-4-14(10-16)12-23)11-19(28)21-26-20(27-31-21)15-6-8-18(30-2)9-7-15/h3-10,17,19H,11,13H2,1-2H3,(H2,24,25,29)/t17-,19-/m0/s1. The van der Waals surface area contributed by atoms with E-state index in [0.717, 1.165) is 11.3 Å². The summed E-state index contributed by atoms with van der Waals surface area (Å²) < 4.78 is 10.7. The van der Waals surface area contributed by atoms with Crippen molar-refractivity contribution in [1.29, 1.82) is 5.26 Å². The molecule has 0 spiro atoms. The third-order valence-electron chi connectivity index (χ3n) is 5.21. The topological polar surface area (TPSA) is 116 Å². The summed E-state index contributed by atoms with van der Waals surface area (Å²) >= 11 is 0. The van der Waals surface area contributed by atoms with Gasteiger partial charge in [0.25, 0.3) is 0 Å². The monoisotopic (exact) mass is 418 g/mol. The third-order valence-corrected chi connectivity index (χ3v) is 5.21. The number of likely N-dealkylation sites (N-methyl/N-ethyl adjacent to an activating group) is 1. The molecule has 31 heavy (non-hydrogen) atoms. The zero-order valence-electron chi connectivity index (χ0n) is 17.2. The van der Waals surface area contributed by atoms with Gasteiger partial charge >= 0.3 is 6.03 Å². The molecule has 1 aliphatic heterocycles. The highest BCUT2D eigenvalue weighted by molar-refractivity contribution is 5.89. The predicted octanol–water partition coefficient (Wildman–Crippen LogP) is 3.18. The second-order valence-corrected chi connectivity index (χ2v) is 7.36. The van der Waals surface area contributed by atoms with Crippen molar-refractivity contribution in [1.82, 2.24) is 20.4 Å². The molecule has 9 heteroatoms. The van der Waals surface area contributed by atoms with Crippen LogP contribution < -0.4 is 15.4 Å². The Hall–Kier alpha value is -3.90. The maximum absolute atomic E-state index is 12.4. The van der Waals surface area contributed by atoms with Crippen molar-refractivity contribution in [2.24, 2.45) is 0 Å². The number of anilines is 1. The molecule has 2 aromatic carbocycles. The highest BCUT2D eigenvalue weighted by atomic mass is 16.5. The average molecular weight is 418 g/mol. The lowest BCUT2D eigenvalue weighted by Gasteiger charge is -2.14. The van der Waals surface area contributed by atoms with E-state index < -0.39 is 0 Å². The van der Waals surface area contributed by atoms with Crippen LogP contribution in [0.3, 0.4) is 0 Å². The Morgan fingerprint density at radius 1 is 1.29 bits per heavy atom. The van der Waals surface area contributed by atoms with E-state index in [1.807, 2.05) is 31.3 Å². The highest BCUT2D eigenvalue weighted by Crippen LogP contribution is 2.31. The van der Waals surface area contributed by atoms with Crippen LogP contribution in [0.15, 0.2) is 53.1 Å². The van der Waals surface area contributed by atoms with Crippen molar-refractivity contribution >= 4 is 11.7 Å². The van der Waals surface area contributed by atoms with Crippen molar-refractivity contribution in [3.05, 3.63) is 60.0 Å². The van der Waals surface area contributed by atoms with Gasteiger partial charge in [0, 0.05) is 23.8 Å². The number of methoxy groups -OCH3 is 1. The third kappa shape index (κ3) is 4.65. The van der Waals surface area contributed by atoms with Gasteiger partial charge in [0.15, 0.2) is 0 Å². The predicted molar refractivity (Wildman–Crippen MR) is 113 cm³/mol. The molecular weight excluding hydrogens is 396 g/mol. The fourth-order valence-electron chi connectivity index (χ4n) is 3.64. The van der Waals surface area contributed by atoms with Gasteiger partial charge in [0.1, 0.15) is 5.75 Å². The molecule has 2 heterocycles. The van der Waals surface area contributed by atoms with Gasteiger partial charge in [0.2, 0.25) is 11.7 Å². The largest absolute Gasteiger partial charge is 0.497 e. The zero-order chi connectivity index (χ0) is 21.8. The minimum atomic E-state index is -0.321. The first kappa shape index (κ1) is 20.4. The molecule has 0 unspecified atom stereocenters. The first-order valence-electron chi connectivity index (χ1n) is 9.81. The molecule has 1 aromatic heterocycles.